The van der Waals surface area contributed by atoms with Crippen LogP contribution in [0, 0.1) is 17.8 Å². The molecule has 0 spiro atoms. The molecular weight excluding hydrogens is 208 g/mol. The summed E-state index contributed by atoms with van der Waals surface area (Å²) >= 11 is 0. The average molecular weight is 224 g/mol. The molecule has 1 rings (SSSR count). The number of carbonyl (C=O) groups is 2. The van der Waals surface area contributed by atoms with Crippen molar-refractivity contribution in [2.24, 2.45) is 11.1 Å². The minimum Gasteiger partial charge on any atom is -0.480 e. The first-order chi connectivity index (χ1) is 7.55. The molecule has 0 saturated heterocycles. The number of carbonyl (C=O) groups excluding carboxylic acids is 1. The van der Waals surface area contributed by atoms with Crippen molar-refractivity contribution in [2.45, 2.75) is 19.3 Å². The first kappa shape index (κ1) is 12.5. The fourth-order valence-electron chi connectivity index (χ4n) is 1.92. The largest absolute Gasteiger partial charge is 0.480 e. The van der Waals surface area contributed by atoms with Crippen molar-refractivity contribution in [3.63, 3.8) is 0 Å². The summed E-state index contributed by atoms with van der Waals surface area (Å²) in [6, 6.07) is 0. The summed E-state index contributed by atoms with van der Waals surface area (Å²) in [5.41, 5.74) is 5.02. The minimum atomic E-state index is -1.06. The van der Waals surface area contributed by atoms with E-state index in [2.05, 4.69) is 5.92 Å². The van der Waals surface area contributed by atoms with Crippen LogP contribution < -0.4 is 5.73 Å². The van der Waals surface area contributed by atoms with Gasteiger partial charge in [-0.3, -0.25) is 9.59 Å². The number of nitrogens with two attached hydrogens (primary N) is 1. The Balaban J connectivity index is 2.74. The van der Waals surface area contributed by atoms with Crippen LogP contribution in [0.25, 0.3) is 0 Å². The van der Waals surface area contributed by atoms with Gasteiger partial charge >= 0.3 is 5.97 Å². The van der Waals surface area contributed by atoms with Crippen LogP contribution in [-0.2, 0) is 9.59 Å². The molecule has 0 aromatic heterocycles. The third kappa shape index (κ3) is 2.34. The lowest BCUT2D eigenvalue weighted by Crippen LogP contribution is -2.53. The highest BCUT2D eigenvalue weighted by molar-refractivity contribution is 5.87. The second kappa shape index (κ2) is 4.99. The van der Waals surface area contributed by atoms with Gasteiger partial charge in [0.2, 0.25) is 5.91 Å². The predicted molar refractivity (Wildman–Crippen MR) is 58.4 cm³/mol. The lowest BCUT2D eigenvalue weighted by atomic mass is 9.68. The molecule has 0 radical (unpaired) electrons. The Labute approximate surface area is 94.6 Å². The maximum atomic E-state index is 12.1. The van der Waals surface area contributed by atoms with E-state index < -0.39 is 11.4 Å². The van der Waals surface area contributed by atoms with Crippen LogP contribution in [0.2, 0.25) is 0 Å². The van der Waals surface area contributed by atoms with Gasteiger partial charge in [-0.2, -0.15) is 0 Å². The van der Waals surface area contributed by atoms with E-state index >= 15 is 0 Å². The van der Waals surface area contributed by atoms with Gasteiger partial charge in [-0.05, 0) is 12.8 Å². The Bertz CT molecular complexity index is 323. The van der Waals surface area contributed by atoms with Gasteiger partial charge in [0.25, 0.3) is 0 Å². The third-order valence-corrected chi connectivity index (χ3v) is 3.05. The number of carboxylic acid groups (broad SMARTS) is 1. The first-order valence-electron chi connectivity index (χ1n) is 5.20. The molecule has 1 saturated carbocycles. The highest BCUT2D eigenvalue weighted by Crippen LogP contribution is 2.41. The van der Waals surface area contributed by atoms with Crippen molar-refractivity contribution < 1.29 is 14.7 Å². The summed E-state index contributed by atoms with van der Waals surface area (Å²) in [6.45, 7) is -0.0792. The van der Waals surface area contributed by atoms with E-state index in [-0.39, 0.29) is 25.5 Å². The number of hydrogen-bond acceptors (Lipinski definition) is 3. The number of aliphatic carboxylic acids is 1. The van der Waals surface area contributed by atoms with Crippen molar-refractivity contribution in [3.8, 4) is 12.3 Å². The van der Waals surface area contributed by atoms with E-state index in [4.69, 9.17) is 17.3 Å². The van der Waals surface area contributed by atoms with Gasteiger partial charge in [-0.15, -0.1) is 6.42 Å². The van der Waals surface area contributed by atoms with Crippen LogP contribution in [0.3, 0.4) is 0 Å². The quantitative estimate of drug-likeness (QED) is 0.626. The van der Waals surface area contributed by atoms with Crippen molar-refractivity contribution >= 4 is 11.9 Å². The highest BCUT2D eigenvalue weighted by atomic mass is 16.4. The molecule has 0 bridgehead atoms. The molecule has 16 heavy (non-hydrogen) atoms. The zero-order valence-electron chi connectivity index (χ0n) is 9.11. The Morgan fingerprint density at radius 2 is 2.12 bits per heavy atom. The van der Waals surface area contributed by atoms with Gasteiger partial charge in [0, 0.05) is 6.54 Å². The number of rotatable bonds is 5. The zero-order chi connectivity index (χ0) is 12.2. The summed E-state index contributed by atoms with van der Waals surface area (Å²) < 4.78 is 0. The van der Waals surface area contributed by atoms with Gasteiger partial charge in [-0.25, -0.2) is 0 Å². The molecule has 0 atom stereocenters. The van der Waals surface area contributed by atoms with Crippen molar-refractivity contribution in [1.82, 2.24) is 4.90 Å². The van der Waals surface area contributed by atoms with Gasteiger partial charge < -0.3 is 15.7 Å². The Morgan fingerprint density at radius 3 is 2.44 bits per heavy atom. The average Bonchev–Trinajstić information content (AvgIpc) is 2.15. The normalized spacial score (nSPS) is 17.0. The fourth-order valence-corrected chi connectivity index (χ4v) is 1.92. The summed E-state index contributed by atoms with van der Waals surface area (Å²) in [7, 11) is 0. The van der Waals surface area contributed by atoms with E-state index in [1.165, 1.54) is 4.90 Å². The number of terminal acetylenes is 1. The van der Waals surface area contributed by atoms with Crippen LogP contribution in [0.4, 0.5) is 0 Å². The molecule has 0 aromatic rings. The zero-order valence-corrected chi connectivity index (χ0v) is 9.11. The lowest BCUT2D eigenvalue weighted by molar-refractivity contribution is -0.152. The minimum absolute atomic E-state index is 0.0207. The van der Waals surface area contributed by atoms with Gasteiger partial charge in [0.15, 0.2) is 0 Å². The predicted octanol–water partition coefficient (Wildman–Crippen LogP) is -0.338. The van der Waals surface area contributed by atoms with Gasteiger partial charge in [0.05, 0.1) is 12.0 Å². The first-order valence-corrected chi connectivity index (χ1v) is 5.20. The Hall–Kier alpha value is -1.54. The summed E-state index contributed by atoms with van der Waals surface area (Å²) in [4.78, 5) is 23.9. The maximum absolute atomic E-state index is 12.1. The van der Waals surface area contributed by atoms with Crippen molar-refractivity contribution in [3.05, 3.63) is 0 Å². The third-order valence-electron chi connectivity index (χ3n) is 3.05. The van der Waals surface area contributed by atoms with Crippen LogP contribution >= 0.6 is 0 Å². The molecule has 5 nitrogen and oxygen atoms in total. The second-order valence-electron chi connectivity index (χ2n) is 4.10. The molecule has 1 fully saturated rings. The molecule has 5 heteroatoms. The molecule has 3 N–H and O–H groups in total. The molecule has 1 aliphatic rings. The molecular formula is C11H16N2O3. The highest BCUT2D eigenvalue weighted by Gasteiger charge is 2.45. The maximum Gasteiger partial charge on any atom is 0.323 e. The Morgan fingerprint density at radius 1 is 1.50 bits per heavy atom. The standard InChI is InChI=1S/C11H16N2O3/c1-2-6-13(7-9(14)15)10(16)11(8-12)4-3-5-11/h1H,3-8,12H2,(H,14,15). The van der Waals surface area contributed by atoms with E-state index in [0.29, 0.717) is 0 Å². The van der Waals surface area contributed by atoms with Gasteiger partial charge in [-0.1, -0.05) is 12.3 Å². The molecule has 88 valence electrons. The van der Waals surface area contributed by atoms with E-state index in [0.717, 1.165) is 19.3 Å². The summed E-state index contributed by atoms with van der Waals surface area (Å²) in [5.74, 6) is 1.02. The van der Waals surface area contributed by atoms with Crippen molar-refractivity contribution in [2.75, 3.05) is 19.6 Å². The number of carboxylic acids is 1. The van der Waals surface area contributed by atoms with Crippen LogP contribution in [0.15, 0.2) is 0 Å². The molecule has 1 aliphatic carbocycles. The van der Waals surface area contributed by atoms with Crippen molar-refractivity contribution in [1.29, 1.82) is 0 Å². The van der Waals surface area contributed by atoms with Crippen LogP contribution in [0.5, 0.6) is 0 Å². The van der Waals surface area contributed by atoms with Crippen LogP contribution in [0.1, 0.15) is 19.3 Å². The molecule has 0 unspecified atom stereocenters. The smallest absolute Gasteiger partial charge is 0.323 e. The fraction of sp³-hybridized carbons (Fsp3) is 0.636. The van der Waals surface area contributed by atoms with Crippen LogP contribution in [-0.4, -0.2) is 41.5 Å². The second-order valence-corrected chi connectivity index (χ2v) is 4.10. The molecule has 1 amide bonds. The van der Waals surface area contributed by atoms with E-state index in [1.54, 1.807) is 0 Å². The number of hydrogen-bond donors (Lipinski definition) is 2. The summed E-state index contributed by atoms with van der Waals surface area (Å²) in [5, 5.41) is 8.69. The van der Waals surface area contributed by atoms with E-state index in [1.807, 2.05) is 0 Å². The SMILES string of the molecule is C#CCN(CC(=O)O)C(=O)C1(CN)CCC1. The lowest BCUT2D eigenvalue weighted by Gasteiger charge is -2.41. The molecule has 0 aliphatic heterocycles. The number of nitrogens with zero attached hydrogens (tertiary/aromatic N) is 1. The number of amides is 1. The topological polar surface area (TPSA) is 83.6 Å². The Kier molecular flexibility index (Phi) is 3.91. The summed E-state index contributed by atoms with van der Waals surface area (Å²) in [6.07, 6.45) is 7.53. The monoisotopic (exact) mass is 224 g/mol. The van der Waals surface area contributed by atoms with E-state index in [9.17, 15) is 9.59 Å². The molecule has 0 aromatic carbocycles. The molecule has 0 heterocycles. The van der Waals surface area contributed by atoms with Gasteiger partial charge in [0.1, 0.15) is 6.54 Å².